The van der Waals surface area contributed by atoms with Gasteiger partial charge < -0.3 is 15.4 Å². The van der Waals surface area contributed by atoms with Gasteiger partial charge in [-0.05, 0) is 49.7 Å². The second-order valence-electron chi connectivity index (χ2n) is 8.29. The van der Waals surface area contributed by atoms with Crippen LogP contribution in [0.2, 0.25) is 0 Å². The summed E-state index contributed by atoms with van der Waals surface area (Å²) in [5.74, 6) is -2.69. The summed E-state index contributed by atoms with van der Waals surface area (Å²) < 4.78 is 28.6. The highest BCUT2D eigenvalue weighted by Gasteiger charge is 2.47. The van der Waals surface area contributed by atoms with Crippen molar-refractivity contribution in [1.82, 2.24) is 15.0 Å². The molecule has 3 aliphatic rings. The van der Waals surface area contributed by atoms with E-state index >= 15 is 0 Å². The van der Waals surface area contributed by atoms with Gasteiger partial charge >= 0.3 is 5.97 Å². The van der Waals surface area contributed by atoms with E-state index in [9.17, 15) is 23.9 Å². The highest BCUT2D eigenvalue weighted by Crippen LogP contribution is 2.46. The lowest BCUT2D eigenvalue weighted by atomic mass is 9.61. The molecule has 3 N–H and O–H groups in total. The molecule has 0 spiro atoms. The predicted octanol–water partition coefficient (Wildman–Crippen LogP) is 4.08. The summed E-state index contributed by atoms with van der Waals surface area (Å²) in [6.45, 7) is 0. The third-order valence-corrected chi connectivity index (χ3v) is 6.66. The van der Waals surface area contributed by atoms with Crippen molar-refractivity contribution in [2.75, 3.05) is 5.32 Å². The quantitative estimate of drug-likeness (QED) is 0.583. The Balaban J connectivity index is 1.58. The lowest BCUT2D eigenvalue weighted by Crippen LogP contribution is -2.51. The lowest BCUT2D eigenvalue weighted by molar-refractivity contribution is -0.148. The monoisotopic (exact) mass is 423 g/mol. The summed E-state index contributed by atoms with van der Waals surface area (Å²) in [6.07, 6.45) is 6.13. The molecule has 7 nitrogen and oxygen atoms in total. The van der Waals surface area contributed by atoms with Crippen LogP contribution in [0.15, 0.2) is 24.5 Å². The summed E-state index contributed by atoms with van der Waals surface area (Å²) in [7, 11) is 0. The molecule has 2 bridgehead atoms. The van der Waals surface area contributed by atoms with Crippen LogP contribution < -0.4 is 5.32 Å². The Morgan fingerprint density at radius 2 is 1.97 bits per heavy atom. The van der Waals surface area contributed by atoms with Gasteiger partial charge in [0, 0.05) is 23.2 Å². The normalized spacial score (nSPS) is 24.8. The van der Waals surface area contributed by atoms with Gasteiger partial charge in [0.1, 0.15) is 17.5 Å². The van der Waals surface area contributed by atoms with Crippen LogP contribution in [0.4, 0.5) is 14.6 Å². The minimum Gasteiger partial charge on any atom is -0.481 e. The van der Waals surface area contributed by atoms with Gasteiger partial charge in [0.25, 0.3) is 0 Å². The van der Waals surface area contributed by atoms with Crippen molar-refractivity contribution < 1.29 is 18.7 Å². The topological polar surface area (TPSA) is 115 Å². The molecular formula is C22H19F2N5O2. The number of nitriles is 1. The first kappa shape index (κ1) is 19.4. The number of pyridine rings is 2. The Morgan fingerprint density at radius 1 is 1.23 bits per heavy atom. The first-order valence-electron chi connectivity index (χ1n) is 10.2. The number of nitrogens with one attached hydrogen (secondary N) is 2. The molecule has 3 saturated carbocycles. The van der Waals surface area contributed by atoms with Crippen LogP contribution in [0, 0.1) is 40.7 Å². The van der Waals surface area contributed by atoms with Crippen molar-refractivity contribution in [2.24, 2.45) is 17.8 Å². The average Bonchev–Trinajstić information content (AvgIpc) is 3.18. The molecule has 31 heavy (non-hydrogen) atoms. The number of carboxylic acid groups (broad SMARTS) is 1. The van der Waals surface area contributed by atoms with E-state index in [1.54, 1.807) is 6.20 Å². The van der Waals surface area contributed by atoms with Gasteiger partial charge in [0.15, 0.2) is 11.6 Å². The summed E-state index contributed by atoms with van der Waals surface area (Å²) in [5.41, 5.74) is 1.00. The number of aromatic amines is 1. The SMILES string of the molecule is N#Cc1cc(F)c(N[C@H]2C3CCC(CC3)[C@H]2C(=O)O)nc1-c1c[nH]c2ncc(F)cc12. The van der Waals surface area contributed by atoms with Gasteiger partial charge in [-0.3, -0.25) is 4.79 Å². The zero-order valence-corrected chi connectivity index (χ0v) is 16.4. The van der Waals surface area contributed by atoms with E-state index in [1.807, 2.05) is 6.07 Å². The third-order valence-electron chi connectivity index (χ3n) is 6.66. The number of H-pyrrole nitrogens is 1. The largest absolute Gasteiger partial charge is 0.481 e. The Bertz CT molecular complexity index is 1230. The summed E-state index contributed by atoms with van der Waals surface area (Å²) >= 11 is 0. The second-order valence-corrected chi connectivity index (χ2v) is 8.29. The lowest BCUT2D eigenvalue weighted by Gasteiger charge is -2.47. The number of aliphatic carboxylic acids is 1. The van der Waals surface area contributed by atoms with Crippen molar-refractivity contribution in [1.29, 1.82) is 5.26 Å². The zero-order valence-electron chi connectivity index (χ0n) is 16.4. The van der Waals surface area contributed by atoms with Gasteiger partial charge in [-0.1, -0.05) is 0 Å². The smallest absolute Gasteiger partial charge is 0.308 e. The molecule has 0 aliphatic heterocycles. The molecule has 0 aromatic carbocycles. The van der Waals surface area contributed by atoms with Crippen molar-refractivity contribution >= 4 is 22.8 Å². The van der Waals surface area contributed by atoms with E-state index in [0.717, 1.165) is 37.9 Å². The van der Waals surface area contributed by atoms with Gasteiger partial charge in [-0.25, -0.2) is 18.7 Å². The van der Waals surface area contributed by atoms with E-state index in [0.29, 0.717) is 16.6 Å². The fourth-order valence-corrected chi connectivity index (χ4v) is 5.22. The molecule has 6 rings (SSSR count). The number of halogens is 2. The molecule has 9 heteroatoms. The first-order valence-corrected chi connectivity index (χ1v) is 10.2. The van der Waals surface area contributed by atoms with Gasteiger partial charge in [-0.15, -0.1) is 0 Å². The van der Waals surface area contributed by atoms with Crippen LogP contribution in [-0.2, 0) is 4.79 Å². The molecule has 3 aliphatic carbocycles. The van der Waals surface area contributed by atoms with E-state index < -0.39 is 29.6 Å². The number of hydrogen-bond acceptors (Lipinski definition) is 5. The zero-order chi connectivity index (χ0) is 21.7. The van der Waals surface area contributed by atoms with Gasteiger partial charge in [0.05, 0.1) is 23.4 Å². The number of nitrogens with zero attached hydrogens (tertiary/aromatic N) is 3. The maximum absolute atomic E-state index is 14.9. The van der Waals surface area contributed by atoms with Crippen LogP contribution in [0.3, 0.4) is 0 Å². The van der Waals surface area contributed by atoms with Crippen molar-refractivity contribution in [3.8, 4) is 17.3 Å². The molecule has 3 fully saturated rings. The fourth-order valence-electron chi connectivity index (χ4n) is 5.22. The van der Waals surface area contributed by atoms with Gasteiger partial charge in [0.2, 0.25) is 0 Å². The van der Waals surface area contributed by atoms with Crippen LogP contribution in [0.5, 0.6) is 0 Å². The number of carboxylic acids is 1. The molecular weight excluding hydrogens is 404 g/mol. The van der Waals surface area contributed by atoms with E-state index in [1.165, 1.54) is 6.07 Å². The third kappa shape index (κ3) is 3.19. The second kappa shape index (κ2) is 7.30. The van der Waals surface area contributed by atoms with E-state index in [4.69, 9.17) is 0 Å². The molecule has 0 amide bonds. The standard InChI is InChI=1S/C22H19F2N5O2/c23-13-6-14-15(9-27-20(14)26-8-13)18-12(7-25)5-16(24)21(28-18)29-19-11-3-1-10(2-4-11)17(19)22(30)31/h5-6,8-11,17,19H,1-4H2,(H,26,27)(H,28,29)(H,30,31)/t10?,11?,17-,19+/m1/s1. The summed E-state index contributed by atoms with van der Waals surface area (Å²) in [4.78, 5) is 23.2. The predicted molar refractivity (Wildman–Crippen MR) is 108 cm³/mol. The highest BCUT2D eigenvalue weighted by atomic mass is 19.1. The Morgan fingerprint density at radius 3 is 2.68 bits per heavy atom. The molecule has 3 heterocycles. The van der Waals surface area contributed by atoms with Crippen LogP contribution in [-0.4, -0.2) is 32.1 Å². The summed E-state index contributed by atoms with van der Waals surface area (Å²) in [5, 5.41) is 22.8. The van der Waals surface area contributed by atoms with Crippen LogP contribution in [0.1, 0.15) is 31.2 Å². The maximum Gasteiger partial charge on any atom is 0.308 e. The first-order chi connectivity index (χ1) is 15.0. The Labute approximate surface area is 176 Å². The molecule has 3 aromatic heterocycles. The van der Waals surface area contributed by atoms with Crippen LogP contribution in [0.25, 0.3) is 22.3 Å². The Kier molecular flexibility index (Phi) is 4.58. The number of anilines is 1. The molecule has 158 valence electrons. The number of aromatic nitrogens is 3. The van der Waals surface area contributed by atoms with Gasteiger partial charge in [-0.2, -0.15) is 5.26 Å². The van der Waals surface area contributed by atoms with Crippen LogP contribution >= 0.6 is 0 Å². The molecule has 0 saturated heterocycles. The highest BCUT2D eigenvalue weighted by molar-refractivity contribution is 5.94. The fraction of sp³-hybridized carbons (Fsp3) is 0.364. The maximum atomic E-state index is 14.9. The minimum atomic E-state index is -0.889. The molecule has 0 unspecified atom stereocenters. The van der Waals surface area contributed by atoms with E-state index in [2.05, 4.69) is 20.3 Å². The number of rotatable bonds is 4. The minimum absolute atomic E-state index is 0.00633. The van der Waals surface area contributed by atoms with E-state index in [-0.39, 0.29) is 28.9 Å². The molecule has 3 aromatic rings. The molecule has 0 radical (unpaired) electrons. The number of fused-ring (bicyclic) bond motifs is 4. The summed E-state index contributed by atoms with van der Waals surface area (Å²) in [6, 6.07) is 3.85. The molecule has 2 atom stereocenters. The van der Waals surface area contributed by atoms with Crippen molar-refractivity contribution in [3.63, 3.8) is 0 Å². The number of carbonyl (C=O) groups is 1. The van der Waals surface area contributed by atoms with Crippen molar-refractivity contribution in [2.45, 2.75) is 31.7 Å². The van der Waals surface area contributed by atoms with Crippen molar-refractivity contribution in [3.05, 3.63) is 41.7 Å². The number of hydrogen-bond donors (Lipinski definition) is 3. The Hall–Kier alpha value is -3.54. The average molecular weight is 423 g/mol.